The highest BCUT2D eigenvalue weighted by Crippen LogP contribution is 2.37. The van der Waals surface area contributed by atoms with Crippen LogP contribution < -0.4 is 15.4 Å². The molecule has 2 heterocycles. The molecule has 2 saturated heterocycles. The first kappa shape index (κ1) is 25.0. The molecule has 2 fully saturated rings. The molecule has 2 N–H and O–H groups in total. The smallest absolute Gasteiger partial charge is 0.305 e. The molecule has 0 radical (unpaired) electrons. The summed E-state index contributed by atoms with van der Waals surface area (Å²) in [5.41, 5.74) is 1.07. The molecule has 1 aromatic carbocycles. The quantitative estimate of drug-likeness (QED) is 0.549. The predicted molar refractivity (Wildman–Crippen MR) is 126 cm³/mol. The maximum absolute atomic E-state index is 13.1. The average molecular weight is 460 g/mol. The van der Waals surface area contributed by atoms with Crippen LogP contribution in [0.4, 0.5) is 5.69 Å². The maximum Gasteiger partial charge on any atom is 0.305 e. The Morgan fingerprint density at radius 1 is 1.15 bits per heavy atom. The van der Waals surface area contributed by atoms with E-state index in [9.17, 15) is 14.4 Å². The highest BCUT2D eigenvalue weighted by atomic mass is 16.5. The average Bonchev–Trinajstić information content (AvgIpc) is 2.77. The van der Waals surface area contributed by atoms with Gasteiger partial charge in [-0.2, -0.15) is 0 Å². The first-order valence-electron chi connectivity index (χ1n) is 11.9. The number of anilines is 1. The van der Waals surface area contributed by atoms with Crippen LogP contribution in [0.3, 0.4) is 0 Å². The number of carbonyl (C=O) groups is 3. The van der Waals surface area contributed by atoms with Crippen LogP contribution in [-0.2, 0) is 14.3 Å². The summed E-state index contributed by atoms with van der Waals surface area (Å²) >= 11 is 0. The molecule has 0 aromatic heterocycles. The lowest BCUT2D eigenvalue weighted by atomic mass is 9.80. The Bertz CT molecular complexity index is 844. The lowest BCUT2D eigenvalue weighted by Crippen LogP contribution is -2.59. The van der Waals surface area contributed by atoms with E-state index in [2.05, 4.69) is 22.5 Å². The second kappa shape index (κ2) is 11.5. The van der Waals surface area contributed by atoms with E-state index in [1.165, 1.54) is 27.6 Å². The number of rotatable bonds is 9. The van der Waals surface area contributed by atoms with Gasteiger partial charge in [0.1, 0.15) is 5.75 Å². The van der Waals surface area contributed by atoms with Crippen molar-refractivity contribution < 1.29 is 23.9 Å². The molecule has 0 spiro atoms. The number of nitrogens with one attached hydrogen (secondary N) is 2. The van der Waals surface area contributed by atoms with E-state index >= 15 is 0 Å². The largest absolute Gasteiger partial charge is 0.496 e. The number of benzene rings is 1. The van der Waals surface area contributed by atoms with Crippen molar-refractivity contribution >= 4 is 23.5 Å². The summed E-state index contributed by atoms with van der Waals surface area (Å²) in [5, 5.41) is 5.94. The van der Waals surface area contributed by atoms with Gasteiger partial charge in [-0.1, -0.05) is 6.42 Å². The third kappa shape index (κ3) is 6.47. The normalized spacial score (nSPS) is 23.3. The number of fused-ring (bicyclic) bond motifs is 2. The fourth-order valence-corrected chi connectivity index (χ4v) is 5.47. The molecule has 2 aliphatic rings. The summed E-state index contributed by atoms with van der Waals surface area (Å²) in [5.74, 6) is -0.0316. The fraction of sp³-hybridized carbons (Fsp3) is 0.640. The molecule has 2 aliphatic heterocycles. The van der Waals surface area contributed by atoms with Gasteiger partial charge in [-0.15, -0.1) is 0 Å². The molecule has 1 aromatic rings. The van der Waals surface area contributed by atoms with Gasteiger partial charge in [-0.25, -0.2) is 0 Å². The number of methoxy groups -OCH3 is 2. The van der Waals surface area contributed by atoms with Gasteiger partial charge in [0.25, 0.3) is 5.91 Å². The minimum atomic E-state index is -0.174. The molecular weight excluding hydrogens is 422 g/mol. The van der Waals surface area contributed by atoms with Crippen LogP contribution in [0, 0.1) is 0 Å². The number of carbonyl (C=O) groups excluding carboxylic acids is 3. The lowest BCUT2D eigenvalue weighted by Gasteiger charge is -2.51. The van der Waals surface area contributed by atoms with Gasteiger partial charge in [0.05, 0.1) is 19.8 Å². The molecule has 3 atom stereocenters. The number of esters is 1. The van der Waals surface area contributed by atoms with Crippen molar-refractivity contribution in [1.29, 1.82) is 0 Å². The Kier molecular flexibility index (Phi) is 8.72. The molecule has 3 unspecified atom stereocenters. The van der Waals surface area contributed by atoms with E-state index in [-0.39, 0.29) is 23.8 Å². The Morgan fingerprint density at radius 2 is 1.85 bits per heavy atom. The van der Waals surface area contributed by atoms with Crippen LogP contribution in [0.2, 0.25) is 0 Å². The Hall–Kier alpha value is -2.61. The highest BCUT2D eigenvalue weighted by Gasteiger charge is 2.40. The molecule has 0 saturated carbocycles. The fourth-order valence-electron chi connectivity index (χ4n) is 5.47. The van der Waals surface area contributed by atoms with Gasteiger partial charge in [0, 0.05) is 49.3 Å². The number of piperidine rings is 2. The van der Waals surface area contributed by atoms with Crippen LogP contribution in [0.15, 0.2) is 18.2 Å². The summed E-state index contributed by atoms with van der Waals surface area (Å²) < 4.78 is 10.2. The van der Waals surface area contributed by atoms with Gasteiger partial charge < -0.3 is 20.1 Å². The van der Waals surface area contributed by atoms with Crippen molar-refractivity contribution in [2.24, 2.45) is 0 Å². The van der Waals surface area contributed by atoms with Crippen LogP contribution in [-0.4, -0.2) is 61.1 Å². The number of nitrogens with zero attached hydrogens (tertiary/aromatic N) is 1. The predicted octanol–water partition coefficient (Wildman–Crippen LogP) is 3.50. The standard InChI is InChI=1S/C25H37N3O5/c1-16(7-5-10-24(30)33-4)28-20-8-6-9-21(28)14-19(13-20)27-25(31)22-12-11-18(26-17(2)29)15-23(22)32-3/h11-12,15-16,19-21H,5-10,13-14H2,1-4H3,(H,26,29)(H,27,31). The van der Waals surface area contributed by atoms with Gasteiger partial charge in [0.2, 0.25) is 5.91 Å². The number of hydrogen-bond donors (Lipinski definition) is 2. The van der Waals surface area contributed by atoms with E-state index in [0.29, 0.717) is 41.5 Å². The van der Waals surface area contributed by atoms with Gasteiger partial charge >= 0.3 is 5.97 Å². The lowest BCUT2D eigenvalue weighted by molar-refractivity contribution is -0.140. The van der Waals surface area contributed by atoms with Gasteiger partial charge in [-0.3, -0.25) is 19.3 Å². The van der Waals surface area contributed by atoms with Crippen LogP contribution >= 0.6 is 0 Å². The SMILES string of the molecule is COC(=O)CCCC(C)N1C2CCCC1CC(NC(=O)c1ccc(NC(C)=O)cc1OC)C2. The molecule has 0 aliphatic carbocycles. The van der Waals surface area contributed by atoms with Crippen molar-refractivity contribution in [1.82, 2.24) is 10.2 Å². The maximum atomic E-state index is 13.1. The van der Waals surface area contributed by atoms with E-state index < -0.39 is 0 Å². The zero-order valence-corrected chi connectivity index (χ0v) is 20.2. The summed E-state index contributed by atoms with van der Waals surface area (Å²) in [6.45, 7) is 3.69. The van der Waals surface area contributed by atoms with Crippen molar-refractivity contribution in [2.45, 2.75) is 89.4 Å². The zero-order chi connectivity index (χ0) is 24.0. The Labute approximate surface area is 196 Å². The summed E-state index contributed by atoms with van der Waals surface area (Å²) in [6.07, 6.45) is 7.61. The van der Waals surface area contributed by atoms with Gasteiger partial charge in [0.15, 0.2) is 0 Å². The molecule has 2 bridgehead atoms. The summed E-state index contributed by atoms with van der Waals surface area (Å²) in [6, 6.07) is 6.49. The molecule has 182 valence electrons. The molecule has 3 rings (SSSR count). The summed E-state index contributed by atoms with van der Waals surface area (Å²) in [7, 11) is 2.95. The first-order valence-corrected chi connectivity index (χ1v) is 11.9. The third-order valence-corrected chi connectivity index (χ3v) is 6.87. The van der Waals surface area contributed by atoms with Crippen molar-refractivity contribution in [3.63, 3.8) is 0 Å². The molecule has 8 heteroatoms. The van der Waals surface area contributed by atoms with E-state index in [1.807, 2.05) is 0 Å². The molecule has 33 heavy (non-hydrogen) atoms. The zero-order valence-electron chi connectivity index (χ0n) is 20.2. The van der Waals surface area contributed by atoms with Crippen LogP contribution in [0.25, 0.3) is 0 Å². The molecule has 2 amide bonds. The second-order valence-corrected chi connectivity index (χ2v) is 9.24. The molecule has 8 nitrogen and oxygen atoms in total. The topological polar surface area (TPSA) is 97.0 Å². The Morgan fingerprint density at radius 3 is 2.45 bits per heavy atom. The summed E-state index contributed by atoms with van der Waals surface area (Å²) in [4.78, 5) is 38.4. The highest BCUT2D eigenvalue weighted by molar-refractivity contribution is 5.98. The second-order valence-electron chi connectivity index (χ2n) is 9.24. The monoisotopic (exact) mass is 459 g/mol. The van der Waals surface area contributed by atoms with Crippen molar-refractivity contribution in [3.05, 3.63) is 23.8 Å². The van der Waals surface area contributed by atoms with Crippen molar-refractivity contribution in [3.8, 4) is 5.75 Å². The van der Waals surface area contributed by atoms with Crippen LogP contribution in [0.5, 0.6) is 5.75 Å². The number of hydrogen-bond acceptors (Lipinski definition) is 6. The third-order valence-electron chi connectivity index (χ3n) is 6.87. The first-order chi connectivity index (χ1) is 15.8. The molecular formula is C25H37N3O5. The minimum absolute atomic E-state index is 0.117. The van der Waals surface area contributed by atoms with Crippen molar-refractivity contribution in [2.75, 3.05) is 19.5 Å². The number of amides is 2. The minimum Gasteiger partial charge on any atom is -0.496 e. The van der Waals surface area contributed by atoms with E-state index in [4.69, 9.17) is 9.47 Å². The number of ether oxygens (including phenoxy) is 2. The Balaban J connectivity index is 1.61. The van der Waals surface area contributed by atoms with E-state index in [1.54, 1.807) is 18.2 Å². The van der Waals surface area contributed by atoms with Crippen LogP contribution in [0.1, 0.15) is 75.6 Å². The van der Waals surface area contributed by atoms with Gasteiger partial charge in [-0.05, 0) is 57.6 Å². The van der Waals surface area contributed by atoms with E-state index in [0.717, 1.165) is 38.5 Å².